The number of nitrogens with one attached hydrogen (secondary N) is 1. The fourth-order valence-corrected chi connectivity index (χ4v) is 3.30. The van der Waals surface area contributed by atoms with E-state index in [4.69, 9.17) is 17.3 Å². The molecule has 3 rings (SSSR count). The van der Waals surface area contributed by atoms with Gasteiger partial charge in [-0.3, -0.25) is 9.48 Å². The van der Waals surface area contributed by atoms with Crippen molar-refractivity contribution >= 4 is 29.0 Å². The summed E-state index contributed by atoms with van der Waals surface area (Å²) in [5.74, 6) is -1.06. The Labute approximate surface area is 149 Å². The number of primary amides is 1. The van der Waals surface area contributed by atoms with Crippen LogP contribution in [0.25, 0.3) is 0 Å². The largest absolute Gasteiger partial charge is 0.365 e. The Hall–Kier alpha value is -2.59. The lowest BCUT2D eigenvalue weighted by molar-refractivity contribution is 0.100. The summed E-state index contributed by atoms with van der Waals surface area (Å²) < 4.78 is 14.9. The van der Waals surface area contributed by atoms with Crippen LogP contribution in [0.5, 0.6) is 0 Å². The van der Waals surface area contributed by atoms with Crippen molar-refractivity contribution in [3.8, 4) is 6.07 Å². The molecule has 2 aromatic rings. The number of rotatable bonds is 4. The zero-order valence-corrected chi connectivity index (χ0v) is 14.1. The van der Waals surface area contributed by atoms with Gasteiger partial charge in [0.25, 0.3) is 5.91 Å². The van der Waals surface area contributed by atoms with Crippen LogP contribution in [0.3, 0.4) is 0 Å². The quantitative estimate of drug-likeness (QED) is 0.866. The van der Waals surface area contributed by atoms with E-state index in [0.717, 1.165) is 25.7 Å². The first-order valence-corrected chi connectivity index (χ1v) is 8.38. The van der Waals surface area contributed by atoms with Crippen molar-refractivity contribution in [2.45, 2.75) is 31.7 Å². The number of nitrogens with two attached hydrogens (primary N) is 1. The van der Waals surface area contributed by atoms with E-state index in [2.05, 4.69) is 16.5 Å². The van der Waals surface area contributed by atoms with Crippen LogP contribution in [0, 0.1) is 23.1 Å². The fourth-order valence-electron chi connectivity index (χ4n) is 3.12. The number of halogens is 2. The van der Waals surface area contributed by atoms with Gasteiger partial charge < -0.3 is 11.1 Å². The predicted octanol–water partition coefficient (Wildman–Crippen LogP) is 3.77. The highest BCUT2D eigenvalue weighted by Gasteiger charge is 2.28. The van der Waals surface area contributed by atoms with Crippen molar-refractivity contribution < 1.29 is 9.18 Å². The maximum absolute atomic E-state index is 13.3. The third-order valence-electron chi connectivity index (χ3n) is 4.41. The number of nitriles is 1. The Morgan fingerprint density at radius 1 is 1.44 bits per heavy atom. The topological polar surface area (TPSA) is 96.7 Å². The standard InChI is InChI=1S/C17H17ClFN5O/c18-13-7-11(5-6-14(13)19)22-17-12(16(21)25)9-24(23-17)15-4-2-1-3-10(15)8-20/h5-7,9-10,15H,1-4H2,(H2,21,25)(H,22,23)/t10-,15+/m1/s1. The van der Waals surface area contributed by atoms with Gasteiger partial charge in [0, 0.05) is 11.9 Å². The van der Waals surface area contributed by atoms with Gasteiger partial charge in [0.05, 0.1) is 23.1 Å². The van der Waals surface area contributed by atoms with Crippen LogP contribution in [0.15, 0.2) is 24.4 Å². The molecule has 2 atom stereocenters. The fraction of sp³-hybridized carbons (Fsp3) is 0.353. The predicted molar refractivity (Wildman–Crippen MR) is 92.0 cm³/mol. The number of carbonyl (C=O) groups is 1. The molecule has 1 heterocycles. The molecule has 0 saturated heterocycles. The lowest BCUT2D eigenvalue weighted by Crippen LogP contribution is -2.22. The molecule has 6 nitrogen and oxygen atoms in total. The van der Waals surface area contributed by atoms with E-state index in [0.29, 0.717) is 5.69 Å². The number of aromatic nitrogens is 2. The summed E-state index contributed by atoms with van der Waals surface area (Å²) in [6.07, 6.45) is 5.21. The number of benzene rings is 1. The molecule has 25 heavy (non-hydrogen) atoms. The molecule has 0 radical (unpaired) electrons. The van der Waals surface area contributed by atoms with Crippen LogP contribution >= 0.6 is 11.6 Å². The van der Waals surface area contributed by atoms with Gasteiger partial charge in [-0.25, -0.2) is 4.39 Å². The average molecular weight is 362 g/mol. The van der Waals surface area contributed by atoms with Gasteiger partial charge in [0.1, 0.15) is 11.4 Å². The SMILES string of the molecule is N#C[C@H]1CCCC[C@@H]1n1cc(C(N)=O)c(Nc2ccc(F)c(Cl)c2)n1. The molecule has 0 spiro atoms. The molecule has 3 N–H and O–H groups in total. The van der Waals surface area contributed by atoms with Crippen LogP contribution in [-0.2, 0) is 0 Å². The summed E-state index contributed by atoms with van der Waals surface area (Å²) in [6, 6.07) is 6.34. The number of nitrogens with zero attached hydrogens (tertiary/aromatic N) is 3. The Kier molecular flexibility index (Phi) is 4.91. The minimum absolute atomic E-state index is 0.0399. The van der Waals surface area contributed by atoms with Gasteiger partial charge in [0.15, 0.2) is 5.82 Å². The first-order chi connectivity index (χ1) is 12.0. The van der Waals surface area contributed by atoms with Gasteiger partial charge in [-0.05, 0) is 31.0 Å². The average Bonchev–Trinajstić information content (AvgIpc) is 3.02. The van der Waals surface area contributed by atoms with Crippen LogP contribution in [-0.4, -0.2) is 15.7 Å². The number of hydrogen-bond acceptors (Lipinski definition) is 4. The van der Waals surface area contributed by atoms with E-state index in [1.54, 1.807) is 10.9 Å². The molecule has 1 aliphatic rings. The number of amides is 1. The Morgan fingerprint density at radius 3 is 2.88 bits per heavy atom. The summed E-state index contributed by atoms with van der Waals surface area (Å²) in [6.45, 7) is 0. The van der Waals surface area contributed by atoms with Crippen molar-refractivity contribution in [2.24, 2.45) is 11.7 Å². The van der Waals surface area contributed by atoms with E-state index in [9.17, 15) is 14.4 Å². The lowest BCUT2D eigenvalue weighted by atomic mass is 9.85. The van der Waals surface area contributed by atoms with Crippen molar-refractivity contribution in [3.05, 3.63) is 40.8 Å². The first kappa shape index (κ1) is 17.2. The van der Waals surface area contributed by atoms with Crippen LogP contribution < -0.4 is 11.1 Å². The summed E-state index contributed by atoms with van der Waals surface area (Å²) in [7, 11) is 0. The summed E-state index contributed by atoms with van der Waals surface area (Å²) in [5.41, 5.74) is 6.15. The number of carbonyl (C=O) groups excluding carboxylic acids is 1. The molecule has 1 aromatic heterocycles. The lowest BCUT2D eigenvalue weighted by Gasteiger charge is -2.26. The van der Waals surface area contributed by atoms with Crippen molar-refractivity contribution in [1.29, 1.82) is 5.26 Å². The molecule has 1 amide bonds. The van der Waals surface area contributed by atoms with Crippen molar-refractivity contribution in [1.82, 2.24) is 9.78 Å². The number of anilines is 2. The second kappa shape index (κ2) is 7.11. The van der Waals surface area contributed by atoms with E-state index in [1.807, 2.05) is 0 Å². The smallest absolute Gasteiger partial charge is 0.254 e. The zero-order valence-electron chi connectivity index (χ0n) is 13.4. The molecule has 1 aliphatic carbocycles. The van der Waals surface area contributed by atoms with E-state index in [-0.39, 0.29) is 28.4 Å². The highest BCUT2D eigenvalue weighted by Crippen LogP contribution is 2.34. The zero-order chi connectivity index (χ0) is 18.0. The molecule has 130 valence electrons. The highest BCUT2D eigenvalue weighted by atomic mass is 35.5. The third-order valence-corrected chi connectivity index (χ3v) is 4.70. The third kappa shape index (κ3) is 3.59. The number of hydrogen-bond donors (Lipinski definition) is 2. The second-order valence-electron chi connectivity index (χ2n) is 6.08. The van der Waals surface area contributed by atoms with E-state index in [1.165, 1.54) is 18.2 Å². The minimum Gasteiger partial charge on any atom is -0.365 e. The van der Waals surface area contributed by atoms with Gasteiger partial charge in [-0.2, -0.15) is 10.4 Å². The van der Waals surface area contributed by atoms with Crippen LogP contribution in [0.2, 0.25) is 5.02 Å². The molecule has 0 unspecified atom stereocenters. The highest BCUT2D eigenvalue weighted by molar-refractivity contribution is 6.31. The van der Waals surface area contributed by atoms with Crippen molar-refractivity contribution in [2.75, 3.05) is 5.32 Å². The second-order valence-corrected chi connectivity index (χ2v) is 6.48. The molecule has 1 saturated carbocycles. The van der Waals surface area contributed by atoms with Crippen LogP contribution in [0.4, 0.5) is 15.9 Å². The Morgan fingerprint density at radius 2 is 2.20 bits per heavy atom. The van der Waals surface area contributed by atoms with Crippen LogP contribution in [0.1, 0.15) is 42.1 Å². The molecular formula is C17H17ClFN5O. The summed E-state index contributed by atoms with van der Waals surface area (Å²) in [4.78, 5) is 11.8. The van der Waals surface area contributed by atoms with E-state index < -0.39 is 11.7 Å². The molecular weight excluding hydrogens is 345 g/mol. The first-order valence-electron chi connectivity index (χ1n) is 8.00. The molecule has 8 heteroatoms. The van der Waals surface area contributed by atoms with Crippen molar-refractivity contribution in [3.63, 3.8) is 0 Å². The normalized spacial score (nSPS) is 20.0. The molecule has 0 aliphatic heterocycles. The minimum atomic E-state index is -0.633. The summed E-state index contributed by atoms with van der Waals surface area (Å²) >= 11 is 5.78. The molecule has 1 fully saturated rings. The Bertz CT molecular complexity index is 844. The maximum Gasteiger partial charge on any atom is 0.254 e. The Balaban J connectivity index is 1.93. The van der Waals surface area contributed by atoms with Gasteiger partial charge in [-0.1, -0.05) is 24.4 Å². The van der Waals surface area contributed by atoms with Gasteiger partial charge in [-0.15, -0.1) is 0 Å². The molecule has 0 bridgehead atoms. The van der Waals surface area contributed by atoms with E-state index >= 15 is 0 Å². The monoisotopic (exact) mass is 361 g/mol. The van der Waals surface area contributed by atoms with Gasteiger partial charge >= 0.3 is 0 Å². The molecule has 1 aromatic carbocycles. The maximum atomic E-state index is 13.3. The van der Waals surface area contributed by atoms with Gasteiger partial charge in [0.2, 0.25) is 0 Å². The summed E-state index contributed by atoms with van der Waals surface area (Å²) in [5, 5.41) is 16.7.